The molecule has 1 atom stereocenters. The van der Waals surface area contributed by atoms with E-state index in [1.54, 1.807) is 17.0 Å². The molecule has 1 saturated heterocycles. The van der Waals surface area contributed by atoms with Crippen LogP contribution in [0.5, 0.6) is 0 Å². The lowest BCUT2D eigenvalue weighted by molar-refractivity contribution is -0.134. The molecule has 3 N–H and O–H groups in total. The van der Waals surface area contributed by atoms with Gasteiger partial charge >= 0.3 is 0 Å². The van der Waals surface area contributed by atoms with Crippen molar-refractivity contribution in [3.05, 3.63) is 53.0 Å². The van der Waals surface area contributed by atoms with Gasteiger partial charge in [0.25, 0.3) is 0 Å². The van der Waals surface area contributed by atoms with E-state index in [2.05, 4.69) is 29.2 Å². The van der Waals surface area contributed by atoms with Crippen LogP contribution in [0.3, 0.4) is 0 Å². The largest absolute Gasteiger partial charge is 0.383 e. The van der Waals surface area contributed by atoms with Crippen LogP contribution in [0, 0.1) is 11.3 Å². The van der Waals surface area contributed by atoms with Crippen LogP contribution in [0.25, 0.3) is 10.2 Å². The molecule has 0 aliphatic carbocycles. The number of piperidine rings is 1. The molecule has 3 heterocycles. The highest BCUT2D eigenvalue weighted by molar-refractivity contribution is 7.89. The number of aromatic nitrogens is 1. The van der Waals surface area contributed by atoms with Gasteiger partial charge in [-0.3, -0.25) is 9.59 Å². The first kappa shape index (κ1) is 29.5. The molecule has 2 amide bonds. The predicted octanol–water partition coefficient (Wildman–Crippen LogP) is 3.94. The second-order valence-corrected chi connectivity index (χ2v) is 14.8. The molecule has 2 aliphatic rings. The molecule has 0 bridgehead atoms. The summed E-state index contributed by atoms with van der Waals surface area (Å²) in [5, 5.41) is 6.90. The van der Waals surface area contributed by atoms with Gasteiger partial charge in [-0.1, -0.05) is 38.1 Å². The van der Waals surface area contributed by atoms with E-state index in [1.807, 2.05) is 30.3 Å². The van der Waals surface area contributed by atoms with Crippen molar-refractivity contribution in [3.8, 4) is 0 Å². The summed E-state index contributed by atoms with van der Waals surface area (Å²) < 4.78 is 31.5. The van der Waals surface area contributed by atoms with Crippen LogP contribution < -0.4 is 15.4 Å². The Balaban J connectivity index is 1.37. The number of sulfonamides is 1. The number of hydrogen-bond acceptors (Lipinski definition) is 7. The maximum Gasteiger partial charge on any atom is 0.243 e. The van der Waals surface area contributed by atoms with Gasteiger partial charge in [0, 0.05) is 39.5 Å². The minimum absolute atomic E-state index is 0.0163. The van der Waals surface area contributed by atoms with Crippen molar-refractivity contribution in [2.24, 2.45) is 11.3 Å². The first-order valence-electron chi connectivity index (χ1n) is 14.3. The molecule has 2 aromatic carbocycles. The Labute approximate surface area is 246 Å². The zero-order valence-electron chi connectivity index (χ0n) is 23.9. The second-order valence-electron chi connectivity index (χ2n) is 12.0. The minimum Gasteiger partial charge on any atom is -0.383 e. The van der Waals surface area contributed by atoms with Crippen LogP contribution >= 0.6 is 11.3 Å². The summed E-state index contributed by atoms with van der Waals surface area (Å²) in [5.74, 6) is 0.143. The maximum atomic E-state index is 13.9. The number of carbonyl (C=O) groups is 2. The first-order chi connectivity index (χ1) is 19.5. The van der Waals surface area contributed by atoms with Crippen LogP contribution in [0.2, 0.25) is 0 Å². The molecule has 3 aromatic rings. The summed E-state index contributed by atoms with van der Waals surface area (Å²) in [6.45, 7) is 8.21. The molecule has 9 nitrogen and oxygen atoms in total. The summed E-state index contributed by atoms with van der Waals surface area (Å²) >= 11 is 1.48. The maximum absolute atomic E-state index is 13.9. The summed E-state index contributed by atoms with van der Waals surface area (Å²) in [5.41, 5.74) is 2.43. The van der Waals surface area contributed by atoms with Crippen LogP contribution in [0.4, 0.5) is 5.69 Å². The fraction of sp³-hybridized carbons (Fsp3) is 0.500. The SMILES string of the molecule is CC(=O)NCCC1CCN(C(=O)C(Cc2nc3ccccc3s2)NS(=O)(=O)c2cccc3c2NCC(C)(C)C3)CC1. The smallest absolute Gasteiger partial charge is 0.243 e. The van der Waals surface area contributed by atoms with Crippen molar-refractivity contribution in [2.75, 3.05) is 31.5 Å². The average molecular weight is 598 g/mol. The molecule has 2 aliphatic heterocycles. The van der Waals surface area contributed by atoms with Gasteiger partial charge in [-0.05, 0) is 60.8 Å². The van der Waals surface area contributed by atoms with Crippen molar-refractivity contribution in [3.63, 3.8) is 0 Å². The zero-order valence-corrected chi connectivity index (χ0v) is 25.5. The number of para-hydroxylation sites is 2. The normalized spacial score (nSPS) is 18.0. The third-order valence-electron chi connectivity index (χ3n) is 7.98. The van der Waals surface area contributed by atoms with E-state index < -0.39 is 16.1 Å². The number of fused-ring (bicyclic) bond motifs is 2. The van der Waals surface area contributed by atoms with E-state index in [-0.39, 0.29) is 28.5 Å². The molecule has 0 radical (unpaired) electrons. The number of nitrogens with zero attached hydrogens (tertiary/aromatic N) is 2. The van der Waals surface area contributed by atoms with Crippen LogP contribution in [-0.4, -0.2) is 62.3 Å². The topological polar surface area (TPSA) is 120 Å². The number of carbonyl (C=O) groups excluding carboxylic acids is 2. The number of benzene rings is 2. The van der Waals surface area contributed by atoms with Crippen molar-refractivity contribution in [1.29, 1.82) is 0 Å². The minimum atomic E-state index is -4.03. The highest BCUT2D eigenvalue weighted by Crippen LogP contribution is 2.36. The van der Waals surface area contributed by atoms with Gasteiger partial charge in [-0.2, -0.15) is 4.72 Å². The summed E-state index contributed by atoms with van der Waals surface area (Å²) in [7, 11) is -4.03. The molecule has 1 aromatic heterocycles. The number of nitrogens with one attached hydrogen (secondary N) is 3. The molecule has 220 valence electrons. The molecular formula is C30H39N5O4S2. The monoisotopic (exact) mass is 597 g/mol. The van der Waals surface area contributed by atoms with E-state index in [9.17, 15) is 18.0 Å². The van der Waals surface area contributed by atoms with Crippen molar-refractivity contribution in [1.82, 2.24) is 19.9 Å². The lowest BCUT2D eigenvalue weighted by Crippen LogP contribution is -2.51. The number of thiazole rings is 1. The van der Waals surface area contributed by atoms with Gasteiger partial charge in [0.05, 0.1) is 20.9 Å². The highest BCUT2D eigenvalue weighted by atomic mass is 32.2. The van der Waals surface area contributed by atoms with E-state index in [1.165, 1.54) is 18.3 Å². The Kier molecular flexibility index (Phi) is 8.68. The Bertz CT molecular complexity index is 1490. The van der Waals surface area contributed by atoms with Gasteiger partial charge in [0.15, 0.2) is 0 Å². The Morgan fingerprint density at radius 3 is 2.63 bits per heavy atom. The van der Waals surface area contributed by atoms with E-state index >= 15 is 0 Å². The third kappa shape index (κ3) is 7.07. The fourth-order valence-corrected chi connectivity index (χ4v) is 8.21. The first-order valence-corrected chi connectivity index (χ1v) is 16.6. The lowest BCUT2D eigenvalue weighted by Gasteiger charge is -2.35. The summed E-state index contributed by atoms with van der Waals surface area (Å²) in [4.78, 5) is 31.8. The molecule has 1 unspecified atom stereocenters. The molecule has 11 heteroatoms. The third-order valence-corrected chi connectivity index (χ3v) is 10.6. The summed E-state index contributed by atoms with van der Waals surface area (Å²) in [6.07, 6.45) is 3.45. The van der Waals surface area contributed by atoms with E-state index in [0.717, 1.165) is 41.5 Å². The van der Waals surface area contributed by atoms with Crippen LogP contribution in [0.1, 0.15) is 50.6 Å². The number of anilines is 1. The quantitative estimate of drug-likeness (QED) is 0.344. The molecule has 1 fully saturated rings. The van der Waals surface area contributed by atoms with Crippen molar-refractivity contribution in [2.45, 2.75) is 63.8 Å². The molecule has 41 heavy (non-hydrogen) atoms. The number of rotatable bonds is 9. The van der Waals surface area contributed by atoms with Gasteiger partial charge in [0.1, 0.15) is 10.9 Å². The number of amides is 2. The summed E-state index contributed by atoms with van der Waals surface area (Å²) in [6, 6.07) is 12.1. The Morgan fingerprint density at radius 1 is 1.15 bits per heavy atom. The van der Waals surface area contributed by atoms with E-state index in [4.69, 9.17) is 4.98 Å². The van der Waals surface area contributed by atoms with Crippen LogP contribution in [-0.2, 0) is 32.5 Å². The highest BCUT2D eigenvalue weighted by Gasteiger charge is 2.35. The lowest BCUT2D eigenvalue weighted by atomic mass is 9.82. The second kappa shape index (κ2) is 12.1. The Morgan fingerprint density at radius 2 is 1.90 bits per heavy atom. The predicted molar refractivity (Wildman–Crippen MR) is 162 cm³/mol. The van der Waals surface area contributed by atoms with Gasteiger partial charge in [-0.15, -0.1) is 11.3 Å². The Hall–Kier alpha value is -3.02. The average Bonchev–Trinajstić information content (AvgIpc) is 3.34. The standard InChI is InChI=1S/C30H39N5O4S2/c1-20(36)31-14-11-21-12-15-35(16-13-21)29(37)24(17-27-33-23-8-4-5-9-25(23)40-27)34-41(38,39)26-10-6-7-22-18-30(2,3)19-32-28(22)26/h4-10,21,24,32,34H,11-19H2,1-3H3,(H,31,36). The van der Waals surface area contributed by atoms with Crippen LogP contribution in [0.15, 0.2) is 47.4 Å². The molecular weight excluding hydrogens is 558 g/mol. The van der Waals surface area contributed by atoms with Gasteiger partial charge in [0.2, 0.25) is 21.8 Å². The van der Waals surface area contributed by atoms with Crippen molar-refractivity contribution >= 4 is 49.1 Å². The molecule has 5 rings (SSSR count). The van der Waals surface area contributed by atoms with Gasteiger partial charge in [-0.25, -0.2) is 13.4 Å². The van der Waals surface area contributed by atoms with Crippen molar-refractivity contribution < 1.29 is 18.0 Å². The fourth-order valence-electron chi connectivity index (χ4n) is 5.78. The molecule has 0 spiro atoms. The number of hydrogen-bond donors (Lipinski definition) is 3. The number of likely N-dealkylation sites (tertiary alicyclic amines) is 1. The zero-order chi connectivity index (χ0) is 29.2. The van der Waals surface area contributed by atoms with Gasteiger partial charge < -0.3 is 15.5 Å². The van der Waals surface area contributed by atoms with E-state index in [0.29, 0.717) is 42.8 Å². The molecule has 0 saturated carbocycles.